The number of rotatable bonds is 4. The topological polar surface area (TPSA) is 144 Å². The number of anilines is 1. The van der Waals surface area contributed by atoms with Gasteiger partial charge in [0, 0.05) is 44.8 Å². The number of benzene rings is 2. The number of hydrogen-bond donors (Lipinski definition) is 1. The number of non-ortho nitro benzene ring substituents is 1. The maximum atomic E-state index is 14.0. The van der Waals surface area contributed by atoms with Crippen LogP contribution >= 0.6 is 15.9 Å². The number of ketones is 2. The molecule has 1 fully saturated rings. The fourth-order valence-electron chi connectivity index (χ4n) is 6.71. The zero-order valence-corrected chi connectivity index (χ0v) is 23.5. The third-order valence-corrected chi connectivity index (χ3v) is 8.92. The Morgan fingerprint density at radius 1 is 1.10 bits per heavy atom. The van der Waals surface area contributed by atoms with Crippen molar-refractivity contribution in [1.29, 1.82) is 0 Å². The monoisotopic (exact) mass is 618 g/mol. The lowest BCUT2D eigenvalue weighted by molar-refractivity contribution is -0.384. The van der Waals surface area contributed by atoms with Crippen LogP contribution in [0.15, 0.2) is 75.3 Å². The van der Waals surface area contributed by atoms with Gasteiger partial charge in [-0.25, -0.2) is 4.90 Å². The molecule has 2 amide bonds. The van der Waals surface area contributed by atoms with Crippen LogP contribution in [0, 0.1) is 27.9 Å². The van der Waals surface area contributed by atoms with Crippen molar-refractivity contribution in [3.63, 3.8) is 0 Å². The van der Waals surface area contributed by atoms with Crippen molar-refractivity contribution in [2.24, 2.45) is 17.8 Å². The van der Waals surface area contributed by atoms with Gasteiger partial charge in [-0.15, -0.1) is 0 Å². The second kappa shape index (κ2) is 9.62. The molecule has 1 N–H and O–H groups in total. The fourth-order valence-corrected chi connectivity index (χ4v) is 7.16. The van der Waals surface area contributed by atoms with Gasteiger partial charge in [-0.3, -0.25) is 29.3 Å². The van der Waals surface area contributed by atoms with Gasteiger partial charge in [0.05, 0.1) is 29.6 Å². The largest absolute Gasteiger partial charge is 0.504 e. The Balaban J connectivity index is 1.51. The molecule has 0 bridgehead atoms. The summed E-state index contributed by atoms with van der Waals surface area (Å²) in [5.41, 5.74) is 1.62. The summed E-state index contributed by atoms with van der Waals surface area (Å²) in [7, 11) is 1.40. The molecule has 1 aliphatic heterocycles. The van der Waals surface area contributed by atoms with Gasteiger partial charge in [-0.1, -0.05) is 33.6 Å². The first-order valence-corrected chi connectivity index (χ1v) is 13.7. The van der Waals surface area contributed by atoms with Gasteiger partial charge in [-0.2, -0.15) is 0 Å². The number of Topliss-reactive ketones (excluding diaryl/α,β-unsaturated/α-hetero) is 1. The number of nitro groups is 1. The Labute approximate surface area is 242 Å². The standard InChI is InChI=1S/C30H23BrN2O8/c1-13-8-22(34)26-21(27(13)35)12-19-17(24(26)20-9-14(31)10-23(41-2)28(20)36)6-7-18-25(19)30(38)32(29(18)37)15-4-3-5-16(11-15)33(39)40/h3-6,8-11,18-19,24-25,36H,7,12H2,1-2H3/t18-,19+,24+,25-/m0/s1. The minimum atomic E-state index is -0.858. The van der Waals surface area contributed by atoms with Gasteiger partial charge >= 0.3 is 0 Å². The Bertz CT molecular complexity index is 1700. The lowest BCUT2D eigenvalue weighted by atomic mass is 9.59. The molecule has 0 spiro atoms. The van der Waals surface area contributed by atoms with Crippen molar-refractivity contribution in [2.75, 3.05) is 12.0 Å². The first kappa shape index (κ1) is 26.8. The van der Waals surface area contributed by atoms with Crippen LogP contribution in [-0.2, 0) is 19.2 Å². The minimum Gasteiger partial charge on any atom is -0.504 e. The molecule has 11 heteroatoms. The van der Waals surface area contributed by atoms with E-state index in [9.17, 15) is 34.4 Å². The smallest absolute Gasteiger partial charge is 0.271 e. The number of aromatic hydroxyl groups is 1. The zero-order valence-electron chi connectivity index (χ0n) is 21.9. The lowest BCUT2D eigenvalue weighted by Gasteiger charge is -2.42. The van der Waals surface area contributed by atoms with Gasteiger partial charge in [0.25, 0.3) is 5.69 Å². The number of fused-ring (bicyclic) bond motifs is 3. The number of ether oxygens (including phenoxy) is 1. The quantitative estimate of drug-likeness (QED) is 0.171. The molecule has 0 unspecified atom stereocenters. The average molecular weight is 619 g/mol. The van der Waals surface area contributed by atoms with E-state index in [1.165, 1.54) is 37.5 Å². The van der Waals surface area contributed by atoms with Gasteiger partial charge in [0.1, 0.15) is 0 Å². The molecule has 2 aromatic rings. The van der Waals surface area contributed by atoms with Crippen molar-refractivity contribution < 1.29 is 33.9 Å². The van der Waals surface area contributed by atoms with E-state index in [0.29, 0.717) is 15.6 Å². The van der Waals surface area contributed by atoms with Crippen LogP contribution in [0.2, 0.25) is 0 Å². The van der Waals surface area contributed by atoms with Crippen LogP contribution in [0.1, 0.15) is 31.2 Å². The van der Waals surface area contributed by atoms with Crippen LogP contribution < -0.4 is 9.64 Å². The number of halogens is 1. The Hall–Kier alpha value is -4.38. The Morgan fingerprint density at radius 2 is 1.85 bits per heavy atom. The SMILES string of the molecule is COc1cc(Br)cc([C@H]2C3=CC[C@@H]4C(=O)N(c5cccc([N+](=O)[O-])c5)C(=O)[C@@H]4[C@@H]3CC3=C2C(=O)C=C(C)C3=O)c1O. The van der Waals surface area contributed by atoms with E-state index < -0.39 is 40.4 Å². The molecule has 0 radical (unpaired) electrons. The van der Waals surface area contributed by atoms with Crippen molar-refractivity contribution in [3.05, 3.63) is 91.0 Å². The second-order valence-corrected chi connectivity index (χ2v) is 11.5. The molecule has 0 saturated carbocycles. The number of carbonyl (C=O) groups is 4. The number of phenolic OH excluding ortho intramolecular Hbond substituents is 1. The maximum absolute atomic E-state index is 14.0. The number of allylic oxidation sites excluding steroid dienone is 6. The van der Waals surface area contributed by atoms with E-state index in [0.717, 1.165) is 4.90 Å². The lowest BCUT2D eigenvalue weighted by Crippen LogP contribution is -2.39. The van der Waals surface area contributed by atoms with Crippen molar-refractivity contribution in [1.82, 2.24) is 0 Å². The predicted octanol–water partition coefficient (Wildman–Crippen LogP) is 4.71. The highest BCUT2D eigenvalue weighted by Crippen LogP contribution is 2.57. The molecule has 0 aromatic heterocycles. The summed E-state index contributed by atoms with van der Waals surface area (Å²) >= 11 is 3.44. The highest BCUT2D eigenvalue weighted by molar-refractivity contribution is 9.10. The Kier molecular flexibility index (Phi) is 6.29. The number of amides is 2. The second-order valence-electron chi connectivity index (χ2n) is 10.6. The number of hydrogen-bond acceptors (Lipinski definition) is 8. The van der Waals surface area contributed by atoms with Crippen LogP contribution in [-0.4, -0.2) is 40.5 Å². The molecule has 4 aliphatic rings. The zero-order chi connectivity index (χ0) is 29.3. The number of carbonyl (C=O) groups excluding carboxylic acids is 4. The number of methoxy groups -OCH3 is 1. The predicted molar refractivity (Wildman–Crippen MR) is 149 cm³/mol. The van der Waals surface area contributed by atoms with Crippen molar-refractivity contribution in [3.8, 4) is 11.5 Å². The number of phenols is 1. The van der Waals surface area contributed by atoms with E-state index in [1.54, 1.807) is 19.1 Å². The first-order chi connectivity index (χ1) is 19.5. The van der Waals surface area contributed by atoms with Crippen LogP contribution in [0.3, 0.4) is 0 Å². The number of imide groups is 1. The molecular formula is C30H23BrN2O8. The van der Waals surface area contributed by atoms with E-state index in [4.69, 9.17) is 4.74 Å². The van der Waals surface area contributed by atoms with E-state index in [-0.39, 0.29) is 64.0 Å². The summed E-state index contributed by atoms with van der Waals surface area (Å²) in [6, 6.07) is 8.59. The van der Waals surface area contributed by atoms with E-state index >= 15 is 0 Å². The van der Waals surface area contributed by atoms with Gasteiger partial charge < -0.3 is 9.84 Å². The molecule has 3 aliphatic carbocycles. The summed E-state index contributed by atoms with van der Waals surface area (Å²) in [5, 5.41) is 22.6. The summed E-state index contributed by atoms with van der Waals surface area (Å²) in [4.78, 5) is 66.2. The minimum absolute atomic E-state index is 0.0717. The Morgan fingerprint density at radius 3 is 2.56 bits per heavy atom. The first-order valence-electron chi connectivity index (χ1n) is 12.9. The number of nitrogens with zero attached hydrogens (tertiary/aromatic N) is 2. The summed E-state index contributed by atoms with van der Waals surface area (Å²) in [6.07, 6.45) is 3.39. The summed E-state index contributed by atoms with van der Waals surface area (Å²) in [6.45, 7) is 1.56. The average Bonchev–Trinajstić information content (AvgIpc) is 3.21. The van der Waals surface area contributed by atoms with Crippen LogP contribution in [0.5, 0.6) is 11.5 Å². The number of nitro benzene ring substituents is 1. The molecule has 6 rings (SSSR count). The maximum Gasteiger partial charge on any atom is 0.271 e. The molecule has 1 saturated heterocycles. The van der Waals surface area contributed by atoms with E-state index in [2.05, 4.69) is 15.9 Å². The van der Waals surface area contributed by atoms with Crippen molar-refractivity contribution >= 4 is 50.7 Å². The third kappa shape index (κ3) is 3.98. The van der Waals surface area contributed by atoms with Crippen LogP contribution in [0.25, 0.3) is 0 Å². The summed E-state index contributed by atoms with van der Waals surface area (Å²) in [5.74, 6) is -4.77. The normalized spacial score (nSPS) is 25.4. The molecule has 2 aromatic carbocycles. The highest BCUT2D eigenvalue weighted by atomic mass is 79.9. The van der Waals surface area contributed by atoms with E-state index in [1.807, 2.05) is 6.08 Å². The van der Waals surface area contributed by atoms with Crippen molar-refractivity contribution in [2.45, 2.75) is 25.7 Å². The molecule has 10 nitrogen and oxygen atoms in total. The van der Waals surface area contributed by atoms with Crippen LogP contribution in [0.4, 0.5) is 11.4 Å². The van der Waals surface area contributed by atoms with Gasteiger partial charge in [-0.05, 0) is 50.0 Å². The van der Waals surface area contributed by atoms with Gasteiger partial charge in [0.2, 0.25) is 11.8 Å². The third-order valence-electron chi connectivity index (χ3n) is 8.46. The molecule has 41 heavy (non-hydrogen) atoms. The molecular weight excluding hydrogens is 596 g/mol. The fraction of sp³-hybridized carbons (Fsp3) is 0.267. The highest BCUT2D eigenvalue weighted by Gasteiger charge is 2.57. The molecule has 1 heterocycles. The molecule has 4 atom stereocenters. The molecule has 208 valence electrons. The summed E-state index contributed by atoms with van der Waals surface area (Å²) < 4.78 is 5.93. The van der Waals surface area contributed by atoms with Gasteiger partial charge in [0.15, 0.2) is 23.1 Å².